The summed E-state index contributed by atoms with van der Waals surface area (Å²) in [6.07, 6.45) is 0.0971. The maximum absolute atomic E-state index is 10.4. The van der Waals surface area contributed by atoms with Crippen molar-refractivity contribution >= 4 is 5.97 Å². The molecule has 0 aliphatic carbocycles. The monoisotopic (exact) mass is 188 g/mol. The summed E-state index contributed by atoms with van der Waals surface area (Å²) >= 11 is 0. The third-order valence-electron chi connectivity index (χ3n) is 1.72. The molecule has 1 aromatic carbocycles. The Morgan fingerprint density at radius 3 is 2.64 bits per heavy atom. The summed E-state index contributed by atoms with van der Waals surface area (Å²) in [6.45, 7) is 1.81. The molecular formula is C12H12O2. The molecule has 0 radical (unpaired) electrons. The van der Waals surface area contributed by atoms with Crippen molar-refractivity contribution in [2.75, 3.05) is 0 Å². The highest BCUT2D eigenvalue weighted by atomic mass is 16.4. The summed E-state index contributed by atoms with van der Waals surface area (Å²) in [7, 11) is 0. The highest BCUT2D eigenvalue weighted by molar-refractivity contribution is 5.67. The fourth-order valence-corrected chi connectivity index (χ4v) is 1.04. The van der Waals surface area contributed by atoms with Gasteiger partial charge in [0.2, 0.25) is 0 Å². The van der Waals surface area contributed by atoms with Gasteiger partial charge in [0, 0.05) is 11.5 Å². The molecule has 0 saturated carbocycles. The Balaban J connectivity index is 2.60. The fraction of sp³-hybridized carbons (Fsp3) is 0.250. The number of aliphatic carboxylic acids is 1. The van der Waals surface area contributed by atoms with Crippen molar-refractivity contribution < 1.29 is 9.90 Å². The second-order valence-corrected chi connectivity index (χ2v) is 3.13. The van der Waals surface area contributed by atoms with Gasteiger partial charge in [0.05, 0.1) is 6.42 Å². The first-order chi connectivity index (χ1) is 6.68. The van der Waals surface area contributed by atoms with E-state index in [-0.39, 0.29) is 12.3 Å². The molecule has 0 aliphatic rings. The van der Waals surface area contributed by atoms with E-state index in [1.54, 1.807) is 0 Å². The molecule has 0 saturated heterocycles. The number of carboxylic acids is 1. The van der Waals surface area contributed by atoms with Crippen molar-refractivity contribution in [2.24, 2.45) is 5.92 Å². The van der Waals surface area contributed by atoms with Gasteiger partial charge in [-0.2, -0.15) is 0 Å². The molecule has 1 unspecified atom stereocenters. The van der Waals surface area contributed by atoms with Crippen molar-refractivity contribution in [3.63, 3.8) is 0 Å². The lowest BCUT2D eigenvalue weighted by atomic mass is 10.1. The van der Waals surface area contributed by atoms with Crippen LogP contribution in [-0.2, 0) is 4.79 Å². The maximum atomic E-state index is 10.4. The van der Waals surface area contributed by atoms with Crippen LogP contribution in [-0.4, -0.2) is 11.1 Å². The van der Waals surface area contributed by atoms with E-state index in [0.29, 0.717) is 0 Å². The zero-order chi connectivity index (χ0) is 10.4. The first-order valence-electron chi connectivity index (χ1n) is 4.47. The van der Waals surface area contributed by atoms with Crippen LogP contribution in [0, 0.1) is 17.8 Å². The van der Waals surface area contributed by atoms with Crippen LogP contribution >= 0.6 is 0 Å². The lowest BCUT2D eigenvalue weighted by Gasteiger charge is -1.96. The normalized spacial score (nSPS) is 11.2. The van der Waals surface area contributed by atoms with Crippen LogP contribution < -0.4 is 0 Å². The van der Waals surface area contributed by atoms with Gasteiger partial charge in [-0.15, -0.1) is 0 Å². The second-order valence-electron chi connectivity index (χ2n) is 3.13. The average Bonchev–Trinajstić information content (AvgIpc) is 2.15. The van der Waals surface area contributed by atoms with Crippen molar-refractivity contribution in [3.05, 3.63) is 35.9 Å². The van der Waals surface area contributed by atoms with Crippen LogP contribution in [0.15, 0.2) is 30.3 Å². The lowest BCUT2D eigenvalue weighted by Crippen LogP contribution is -2.01. The van der Waals surface area contributed by atoms with Gasteiger partial charge in [-0.05, 0) is 12.1 Å². The number of carbonyl (C=O) groups is 1. The van der Waals surface area contributed by atoms with Crippen LogP contribution in [0.1, 0.15) is 18.9 Å². The Labute approximate surface area is 83.6 Å². The minimum absolute atomic E-state index is 0.0971. The van der Waals surface area contributed by atoms with Crippen molar-refractivity contribution in [2.45, 2.75) is 13.3 Å². The number of hydrogen-bond acceptors (Lipinski definition) is 1. The van der Waals surface area contributed by atoms with Gasteiger partial charge < -0.3 is 5.11 Å². The molecular weight excluding hydrogens is 176 g/mol. The van der Waals surface area contributed by atoms with Crippen molar-refractivity contribution in [1.29, 1.82) is 0 Å². The number of carboxylic acid groups (broad SMARTS) is 1. The van der Waals surface area contributed by atoms with E-state index in [0.717, 1.165) is 5.56 Å². The van der Waals surface area contributed by atoms with Crippen LogP contribution in [0.5, 0.6) is 0 Å². The molecule has 0 spiro atoms. The molecule has 72 valence electrons. The third kappa shape index (κ3) is 3.77. The van der Waals surface area contributed by atoms with E-state index < -0.39 is 5.97 Å². The number of benzene rings is 1. The van der Waals surface area contributed by atoms with E-state index >= 15 is 0 Å². The van der Waals surface area contributed by atoms with E-state index in [9.17, 15) is 4.79 Å². The molecule has 1 N–H and O–H groups in total. The van der Waals surface area contributed by atoms with Crippen molar-refractivity contribution in [3.8, 4) is 11.8 Å². The molecule has 0 amide bonds. The molecule has 0 heterocycles. The molecule has 1 atom stereocenters. The summed E-state index contributed by atoms with van der Waals surface area (Å²) in [5.74, 6) is 4.93. The molecule has 0 fully saturated rings. The zero-order valence-corrected chi connectivity index (χ0v) is 8.03. The molecule has 0 aliphatic heterocycles. The Bertz CT molecular complexity index is 357. The predicted octanol–water partition coefficient (Wildman–Crippen LogP) is 2.15. The first-order valence-corrected chi connectivity index (χ1v) is 4.47. The Morgan fingerprint density at radius 1 is 1.43 bits per heavy atom. The number of rotatable bonds is 2. The van der Waals surface area contributed by atoms with Gasteiger partial charge in [0.15, 0.2) is 0 Å². The summed E-state index contributed by atoms with van der Waals surface area (Å²) in [6, 6.07) is 9.55. The third-order valence-corrected chi connectivity index (χ3v) is 1.72. The molecule has 0 bridgehead atoms. The lowest BCUT2D eigenvalue weighted by molar-refractivity contribution is -0.137. The standard InChI is InChI=1S/C12H12O2/c1-10(9-12(13)14)7-8-11-5-3-2-4-6-11/h2-6,10H,9H2,1H3,(H,13,14). The van der Waals surface area contributed by atoms with E-state index in [1.807, 2.05) is 37.3 Å². The van der Waals surface area contributed by atoms with Gasteiger partial charge in [0.1, 0.15) is 0 Å². The average molecular weight is 188 g/mol. The zero-order valence-electron chi connectivity index (χ0n) is 8.03. The van der Waals surface area contributed by atoms with Crippen molar-refractivity contribution in [1.82, 2.24) is 0 Å². The van der Waals surface area contributed by atoms with Crippen LogP contribution in [0.25, 0.3) is 0 Å². The quantitative estimate of drug-likeness (QED) is 0.722. The van der Waals surface area contributed by atoms with E-state index in [1.165, 1.54) is 0 Å². The minimum atomic E-state index is -0.806. The summed E-state index contributed by atoms with van der Waals surface area (Å²) in [5.41, 5.74) is 0.921. The smallest absolute Gasteiger partial charge is 0.304 e. The Kier molecular flexibility index (Phi) is 3.75. The predicted molar refractivity (Wildman–Crippen MR) is 54.7 cm³/mol. The van der Waals surface area contributed by atoms with Gasteiger partial charge in [-0.25, -0.2) is 0 Å². The first kappa shape index (κ1) is 10.3. The molecule has 1 rings (SSSR count). The van der Waals surface area contributed by atoms with Crippen LogP contribution in [0.2, 0.25) is 0 Å². The highest BCUT2D eigenvalue weighted by Crippen LogP contribution is 2.01. The summed E-state index contributed by atoms with van der Waals surface area (Å²) < 4.78 is 0. The van der Waals surface area contributed by atoms with Gasteiger partial charge in [0.25, 0.3) is 0 Å². The number of hydrogen-bond donors (Lipinski definition) is 1. The minimum Gasteiger partial charge on any atom is -0.481 e. The van der Waals surface area contributed by atoms with Gasteiger partial charge >= 0.3 is 5.97 Å². The Morgan fingerprint density at radius 2 is 2.07 bits per heavy atom. The van der Waals surface area contributed by atoms with Crippen LogP contribution in [0.4, 0.5) is 0 Å². The maximum Gasteiger partial charge on any atom is 0.304 e. The molecule has 2 heteroatoms. The van der Waals surface area contributed by atoms with Gasteiger partial charge in [-0.1, -0.05) is 37.0 Å². The molecule has 1 aromatic rings. The SMILES string of the molecule is CC(C#Cc1ccccc1)CC(=O)O. The summed E-state index contributed by atoms with van der Waals surface area (Å²) in [5, 5.41) is 8.51. The largest absolute Gasteiger partial charge is 0.481 e. The summed E-state index contributed by atoms with van der Waals surface area (Å²) in [4.78, 5) is 10.4. The Hall–Kier alpha value is -1.75. The molecule has 14 heavy (non-hydrogen) atoms. The van der Waals surface area contributed by atoms with E-state index in [2.05, 4.69) is 11.8 Å². The topological polar surface area (TPSA) is 37.3 Å². The van der Waals surface area contributed by atoms with E-state index in [4.69, 9.17) is 5.11 Å². The van der Waals surface area contributed by atoms with Gasteiger partial charge in [-0.3, -0.25) is 4.79 Å². The highest BCUT2D eigenvalue weighted by Gasteiger charge is 2.02. The molecule has 0 aromatic heterocycles. The van der Waals surface area contributed by atoms with Crippen LogP contribution in [0.3, 0.4) is 0 Å². The molecule has 2 nitrogen and oxygen atoms in total. The second kappa shape index (κ2) is 5.08. The fourth-order valence-electron chi connectivity index (χ4n) is 1.04.